The maximum Gasteiger partial charge on any atom is 0.0202 e. The molecule has 0 fully saturated rings. The van der Waals surface area contributed by atoms with E-state index in [1.54, 1.807) is 6.08 Å². The molecule has 0 N–H and O–H groups in total. The first-order valence-electron chi connectivity index (χ1n) is 1.80. The lowest BCUT2D eigenvalue weighted by atomic mass is 10.5. The van der Waals surface area contributed by atoms with Gasteiger partial charge in [0, 0.05) is 6.92 Å². The van der Waals surface area contributed by atoms with Gasteiger partial charge in [0.25, 0.3) is 0 Å². The number of allylic oxidation sites excluding steroid dienone is 2. The van der Waals surface area contributed by atoms with Crippen molar-refractivity contribution in [2.24, 2.45) is 0 Å². The first-order chi connectivity index (χ1) is 2.91. The lowest BCUT2D eigenvalue weighted by Crippen LogP contribution is -1.41. The highest BCUT2D eigenvalue weighted by atomic mass is 13.5. The quantitative estimate of drug-likeness (QED) is 0.385. The van der Waals surface area contributed by atoms with Crippen LogP contribution in [0.3, 0.4) is 0 Å². The normalized spacial score (nSPS) is 7.67. The summed E-state index contributed by atoms with van der Waals surface area (Å²) in [6, 6.07) is 0. The second kappa shape index (κ2) is 4.30. The maximum atomic E-state index is 3.31. The average Bonchev–Trinajstić information content (AvgIpc) is 1.61. The van der Waals surface area contributed by atoms with Crippen LogP contribution in [0, 0.1) is 18.8 Å². The van der Waals surface area contributed by atoms with Crippen molar-refractivity contribution in [3.63, 3.8) is 0 Å². The molecule has 0 aromatic carbocycles. The zero-order valence-electron chi connectivity index (χ0n) is 3.86. The van der Waals surface area contributed by atoms with E-state index in [2.05, 4.69) is 18.8 Å². The minimum Gasteiger partial charge on any atom is -0.0975 e. The van der Waals surface area contributed by atoms with Crippen molar-refractivity contribution in [2.45, 2.75) is 6.92 Å². The molecule has 31 valence electrons. The molecular formula is C6H7. The average molecular weight is 79.1 g/mol. The lowest BCUT2D eigenvalue weighted by molar-refractivity contribution is 1.76. The SMILES string of the molecule is [CH2]C#C/C=C\C. The van der Waals surface area contributed by atoms with Gasteiger partial charge in [0.2, 0.25) is 0 Å². The summed E-state index contributed by atoms with van der Waals surface area (Å²) >= 11 is 0. The van der Waals surface area contributed by atoms with Crippen LogP contribution in [0.2, 0.25) is 0 Å². The summed E-state index contributed by atoms with van der Waals surface area (Å²) in [4.78, 5) is 0. The molecule has 0 saturated heterocycles. The minimum absolute atomic E-state index is 1.76. The highest BCUT2D eigenvalue weighted by Crippen LogP contribution is 1.61. The molecule has 0 atom stereocenters. The van der Waals surface area contributed by atoms with E-state index in [9.17, 15) is 0 Å². The molecule has 0 aliphatic carbocycles. The molecular weight excluding hydrogens is 72.1 g/mol. The third kappa shape index (κ3) is 3.30. The summed E-state index contributed by atoms with van der Waals surface area (Å²) in [5.41, 5.74) is 0. The van der Waals surface area contributed by atoms with Crippen molar-refractivity contribution in [1.82, 2.24) is 0 Å². The van der Waals surface area contributed by atoms with Crippen LogP contribution in [0.15, 0.2) is 12.2 Å². The molecule has 0 heterocycles. The van der Waals surface area contributed by atoms with Gasteiger partial charge in [-0.15, -0.1) is 0 Å². The molecule has 1 radical (unpaired) electrons. The highest BCUT2D eigenvalue weighted by molar-refractivity contribution is 5.15. The van der Waals surface area contributed by atoms with Gasteiger partial charge in [-0.3, -0.25) is 0 Å². The minimum atomic E-state index is 1.76. The Balaban J connectivity index is 3.24. The standard InChI is InChI=1S/C6H7/c1-3-5-6-4-2/h4,6H,1H2,2H3/b6-4-. The van der Waals surface area contributed by atoms with Gasteiger partial charge >= 0.3 is 0 Å². The second-order valence-corrected chi connectivity index (χ2v) is 0.821. The van der Waals surface area contributed by atoms with Crippen molar-refractivity contribution in [2.75, 3.05) is 0 Å². The van der Waals surface area contributed by atoms with Crippen LogP contribution in [-0.4, -0.2) is 0 Å². The van der Waals surface area contributed by atoms with Crippen LogP contribution in [-0.2, 0) is 0 Å². The van der Waals surface area contributed by atoms with E-state index >= 15 is 0 Å². The van der Waals surface area contributed by atoms with E-state index in [4.69, 9.17) is 0 Å². The molecule has 0 amide bonds. The summed E-state index contributed by atoms with van der Waals surface area (Å²) < 4.78 is 0. The van der Waals surface area contributed by atoms with Crippen LogP contribution in [0.5, 0.6) is 0 Å². The molecule has 0 aliphatic rings. The van der Waals surface area contributed by atoms with E-state index in [1.165, 1.54) is 0 Å². The van der Waals surface area contributed by atoms with Crippen molar-refractivity contribution >= 4 is 0 Å². The first kappa shape index (κ1) is 5.30. The van der Waals surface area contributed by atoms with Crippen molar-refractivity contribution in [1.29, 1.82) is 0 Å². The summed E-state index contributed by atoms with van der Waals surface area (Å²) in [5, 5.41) is 0. The lowest BCUT2D eigenvalue weighted by Gasteiger charge is -1.56. The number of hydrogen-bond acceptors (Lipinski definition) is 0. The second-order valence-electron chi connectivity index (χ2n) is 0.821. The molecule has 0 nitrogen and oxygen atoms in total. The van der Waals surface area contributed by atoms with Gasteiger partial charge in [-0.1, -0.05) is 17.9 Å². The summed E-state index contributed by atoms with van der Waals surface area (Å²) in [5.74, 6) is 5.14. The molecule has 0 bridgehead atoms. The summed E-state index contributed by atoms with van der Waals surface area (Å²) in [7, 11) is 0. The van der Waals surface area contributed by atoms with Gasteiger partial charge in [-0.25, -0.2) is 0 Å². The molecule has 6 heavy (non-hydrogen) atoms. The summed E-state index contributed by atoms with van der Waals surface area (Å²) in [6.45, 7) is 5.23. The van der Waals surface area contributed by atoms with Gasteiger partial charge < -0.3 is 0 Å². The third-order valence-electron chi connectivity index (χ3n) is 0.352. The number of hydrogen-bond donors (Lipinski definition) is 0. The van der Waals surface area contributed by atoms with E-state index in [0.29, 0.717) is 0 Å². The predicted molar refractivity (Wildman–Crippen MR) is 27.9 cm³/mol. The predicted octanol–water partition coefficient (Wildman–Crippen LogP) is 1.40. The van der Waals surface area contributed by atoms with E-state index < -0.39 is 0 Å². The molecule has 0 saturated carbocycles. The summed E-state index contributed by atoms with van der Waals surface area (Å²) in [6.07, 6.45) is 3.63. The van der Waals surface area contributed by atoms with Crippen molar-refractivity contribution < 1.29 is 0 Å². The first-order valence-corrected chi connectivity index (χ1v) is 1.80. The molecule has 0 aromatic heterocycles. The number of rotatable bonds is 0. The largest absolute Gasteiger partial charge is 0.0975 e. The molecule has 0 rings (SSSR count). The molecule has 0 unspecified atom stereocenters. The Kier molecular flexibility index (Phi) is 3.80. The fourth-order valence-corrected chi connectivity index (χ4v) is 0.142. The van der Waals surface area contributed by atoms with Crippen molar-refractivity contribution in [3.05, 3.63) is 19.1 Å². The Hall–Kier alpha value is -0.700. The van der Waals surface area contributed by atoms with Crippen LogP contribution < -0.4 is 0 Å². The zero-order valence-corrected chi connectivity index (χ0v) is 3.86. The molecule has 0 heteroatoms. The Morgan fingerprint density at radius 2 is 2.33 bits per heavy atom. The van der Waals surface area contributed by atoms with Crippen LogP contribution in [0.25, 0.3) is 0 Å². The molecule has 0 aromatic rings. The van der Waals surface area contributed by atoms with Crippen LogP contribution in [0.4, 0.5) is 0 Å². The van der Waals surface area contributed by atoms with Gasteiger partial charge in [0.1, 0.15) is 0 Å². The molecule has 0 aliphatic heterocycles. The van der Waals surface area contributed by atoms with E-state index in [0.717, 1.165) is 0 Å². The zero-order chi connectivity index (χ0) is 4.83. The third-order valence-corrected chi connectivity index (χ3v) is 0.352. The fraction of sp³-hybridized carbons (Fsp3) is 0.167. The Morgan fingerprint density at radius 3 is 2.50 bits per heavy atom. The Labute approximate surface area is 38.9 Å². The van der Waals surface area contributed by atoms with Gasteiger partial charge in [0.15, 0.2) is 0 Å². The van der Waals surface area contributed by atoms with Gasteiger partial charge in [-0.2, -0.15) is 0 Å². The van der Waals surface area contributed by atoms with E-state index in [1.807, 2.05) is 13.0 Å². The van der Waals surface area contributed by atoms with Crippen LogP contribution >= 0.6 is 0 Å². The fourth-order valence-electron chi connectivity index (χ4n) is 0.142. The topological polar surface area (TPSA) is 0 Å². The van der Waals surface area contributed by atoms with E-state index in [-0.39, 0.29) is 0 Å². The smallest absolute Gasteiger partial charge is 0.0202 e. The maximum absolute atomic E-state index is 3.31. The molecule has 0 spiro atoms. The monoisotopic (exact) mass is 79.1 g/mol. The Morgan fingerprint density at radius 1 is 1.67 bits per heavy atom. The van der Waals surface area contributed by atoms with Gasteiger partial charge in [0.05, 0.1) is 0 Å². The Bertz CT molecular complexity index is 88.3. The van der Waals surface area contributed by atoms with Crippen molar-refractivity contribution in [3.8, 4) is 11.8 Å². The van der Waals surface area contributed by atoms with Gasteiger partial charge in [-0.05, 0) is 13.0 Å². The highest BCUT2D eigenvalue weighted by Gasteiger charge is 1.45. The van der Waals surface area contributed by atoms with Crippen LogP contribution in [0.1, 0.15) is 6.92 Å².